The average molecular weight is 194 g/mol. The maximum atomic E-state index is 5.23. The van der Waals surface area contributed by atoms with Crippen LogP contribution in [0.2, 0.25) is 0 Å². The summed E-state index contributed by atoms with van der Waals surface area (Å²) >= 11 is 3.32. The molecule has 0 heterocycles. The van der Waals surface area contributed by atoms with Crippen LogP contribution in [0, 0.1) is 19.3 Å². The Morgan fingerprint density at radius 3 is 2.60 bits per heavy atom. The van der Waals surface area contributed by atoms with Crippen LogP contribution in [0.4, 0.5) is 0 Å². The normalized spacial score (nSPS) is 8.90. The van der Waals surface area contributed by atoms with E-state index in [4.69, 9.17) is 6.42 Å². The molecule has 0 nitrogen and oxygen atoms in total. The van der Waals surface area contributed by atoms with E-state index in [1.165, 1.54) is 0 Å². The molecule has 49 valence electrons. The largest absolute Gasteiger partial charge is 0.115 e. The maximum Gasteiger partial charge on any atom is 0.0416 e. The maximum absolute atomic E-state index is 5.23. The molecule has 1 radical (unpaired) electrons. The van der Waals surface area contributed by atoms with E-state index < -0.39 is 0 Å². The van der Waals surface area contributed by atoms with Gasteiger partial charge in [-0.1, -0.05) is 18.1 Å². The first-order valence-electron chi connectivity index (χ1n) is 2.83. The van der Waals surface area contributed by atoms with Gasteiger partial charge in [-0.15, -0.1) is 6.42 Å². The van der Waals surface area contributed by atoms with Crippen LogP contribution >= 0.6 is 15.9 Å². The first-order valence-corrected chi connectivity index (χ1v) is 3.62. The predicted octanol–water partition coefficient (Wildman–Crippen LogP) is 2.61. The van der Waals surface area contributed by atoms with Crippen molar-refractivity contribution in [3.63, 3.8) is 0 Å². The molecule has 1 heteroatoms. The zero-order valence-corrected chi connectivity index (χ0v) is 6.98. The van der Waals surface area contributed by atoms with Gasteiger partial charge in [-0.25, -0.2) is 0 Å². The minimum atomic E-state index is 0.836. The molecule has 0 fully saturated rings. The van der Waals surface area contributed by atoms with Crippen LogP contribution in [0.1, 0.15) is 11.1 Å². The van der Waals surface area contributed by atoms with Gasteiger partial charge in [0.15, 0.2) is 0 Å². The highest BCUT2D eigenvalue weighted by Crippen LogP contribution is 2.18. The van der Waals surface area contributed by atoms with Crippen molar-refractivity contribution in [2.24, 2.45) is 0 Å². The second-order valence-corrected chi connectivity index (χ2v) is 2.77. The molecular weight excluding hydrogens is 188 g/mol. The van der Waals surface area contributed by atoms with Crippen molar-refractivity contribution < 1.29 is 0 Å². The number of rotatable bonds is 0. The van der Waals surface area contributed by atoms with Crippen molar-refractivity contribution in [2.75, 3.05) is 0 Å². The summed E-state index contributed by atoms with van der Waals surface area (Å²) < 4.78 is 0.933. The molecule has 0 aliphatic carbocycles. The molecule has 0 N–H and O–H groups in total. The highest BCUT2D eigenvalue weighted by atomic mass is 79.9. The Balaban J connectivity index is 3.34. The number of hydrogen-bond acceptors (Lipinski definition) is 0. The Kier molecular flexibility index (Phi) is 2.13. The lowest BCUT2D eigenvalue weighted by Gasteiger charge is -1.98. The molecule has 0 amide bonds. The molecule has 0 bridgehead atoms. The van der Waals surface area contributed by atoms with Gasteiger partial charge < -0.3 is 0 Å². The topological polar surface area (TPSA) is 0 Å². The number of terminal acetylenes is 1. The van der Waals surface area contributed by atoms with Crippen LogP contribution in [0.3, 0.4) is 0 Å². The van der Waals surface area contributed by atoms with Gasteiger partial charge in [0.1, 0.15) is 0 Å². The molecule has 0 aliphatic heterocycles. The van der Waals surface area contributed by atoms with E-state index in [1.807, 2.05) is 18.2 Å². The van der Waals surface area contributed by atoms with Crippen molar-refractivity contribution >= 4 is 15.9 Å². The minimum absolute atomic E-state index is 0.836. The monoisotopic (exact) mass is 193 g/mol. The summed E-state index contributed by atoms with van der Waals surface area (Å²) in [6, 6.07) is 5.71. The van der Waals surface area contributed by atoms with Crippen LogP contribution in [-0.2, 0) is 0 Å². The van der Waals surface area contributed by atoms with E-state index in [9.17, 15) is 0 Å². The molecular formula is C9H6Br. The molecule has 1 aromatic rings. The Bertz CT molecular complexity index is 261. The van der Waals surface area contributed by atoms with E-state index in [0.29, 0.717) is 0 Å². The summed E-state index contributed by atoms with van der Waals surface area (Å²) in [5, 5.41) is 0. The van der Waals surface area contributed by atoms with Crippen LogP contribution < -0.4 is 0 Å². The highest BCUT2D eigenvalue weighted by molar-refractivity contribution is 9.10. The first kappa shape index (κ1) is 7.37. The average Bonchev–Trinajstić information content (AvgIpc) is 1.88. The van der Waals surface area contributed by atoms with Crippen molar-refractivity contribution in [3.05, 3.63) is 40.7 Å². The minimum Gasteiger partial charge on any atom is -0.115 e. The molecule has 0 aliphatic rings. The Hall–Kier alpha value is -0.740. The zero-order valence-electron chi connectivity index (χ0n) is 5.39. The van der Waals surface area contributed by atoms with Crippen LogP contribution in [-0.4, -0.2) is 0 Å². The highest BCUT2D eigenvalue weighted by Gasteiger charge is 1.97. The predicted molar refractivity (Wildman–Crippen MR) is 46.5 cm³/mol. The molecule has 1 rings (SSSR count). The Morgan fingerprint density at radius 1 is 1.50 bits per heavy atom. The van der Waals surface area contributed by atoms with Crippen LogP contribution in [0.15, 0.2) is 22.7 Å². The van der Waals surface area contributed by atoms with Crippen molar-refractivity contribution in [2.45, 2.75) is 0 Å². The molecule has 1 aromatic carbocycles. The number of hydrogen-bond donors (Lipinski definition) is 0. The Morgan fingerprint density at radius 2 is 2.20 bits per heavy atom. The molecule has 0 aromatic heterocycles. The smallest absolute Gasteiger partial charge is 0.0416 e. The molecule has 0 saturated carbocycles. The quantitative estimate of drug-likeness (QED) is 0.557. The van der Waals surface area contributed by atoms with E-state index in [-0.39, 0.29) is 0 Å². The lowest BCUT2D eigenvalue weighted by molar-refractivity contribution is 1.52. The van der Waals surface area contributed by atoms with Gasteiger partial charge in [0.2, 0.25) is 0 Å². The summed E-state index contributed by atoms with van der Waals surface area (Å²) in [6.07, 6.45) is 5.23. The summed E-state index contributed by atoms with van der Waals surface area (Å²) in [4.78, 5) is 0. The summed E-state index contributed by atoms with van der Waals surface area (Å²) in [6.45, 7) is 3.78. The van der Waals surface area contributed by atoms with E-state index in [2.05, 4.69) is 28.8 Å². The van der Waals surface area contributed by atoms with Gasteiger partial charge in [0.05, 0.1) is 0 Å². The molecule has 10 heavy (non-hydrogen) atoms. The fraction of sp³-hybridized carbons (Fsp3) is 0. The Labute approximate surface area is 69.4 Å². The SMILES string of the molecule is C#Cc1c([CH2])cccc1Br. The second kappa shape index (κ2) is 2.90. The molecule has 0 unspecified atom stereocenters. The van der Waals surface area contributed by atoms with Crippen LogP contribution in [0.5, 0.6) is 0 Å². The number of halogens is 1. The fourth-order valence-electron chi connectivity index (χ4n) is 0.730. The third-order valence-corrected chi connectivity index (χ3v) is 1.91. The van der Waals surface area contributed by atoms with Gasteiger partial charge in [0.25, 0.3) is 0 Å². The third kappa shape index (κ3) is 1.22. The van der Waals surface area contributed by atoms with Gasteiger partial charge >= 0.3 is 0 Å². The van der Waals surface area contributed by atoms with Gasteiger partial charge in [-0.05, 0) is 34.5 Å². The lowest BCUT2D eigenvalue weighted by atomic mass is 10.1. The fourth-order valence-corrected chi connectivity index (χ4v) is 1.25. The van der Waals surface area contributed by atoms with Crippen molar-refractivity contribution in [1.29, 1.82) is 0 Å². The standard InChI is InChI=1S/C9H6Br/c1-3-8-7(2)5-4-6-9(8)10/h1,4-6H,2H2. The number of benzene rings is 1. The molecule has 0 saturated heterocycles. The van der Waals surface area contributed by atoms with Crippen molar-refractivity contribution in [3.8, 4) is 12.3 Å². The molecule has 0 spiro atoms. The first-order chi connectivity index (χ1) is 4.75. The van der Waals surface area contributed by atoms with Gasteiger partial charge in [-0.2, -0.15) is 0 Å². The van der Waals surface area contributed by atoms with Gasteiger partial charge in [0, 0.05) is 10.0 Å². The van der Waals surface area contributed by atoms with Crippen molar-refractivity contribution in [1.82, 2.24) is 0 Å². The summed E-state index contributed by atoms with van der Waals surface area (Å²) in [5.41, 5.74) is 1.72. The van der Waals surface area contributed by atoms with E-state index in [1.54, 1.807) is 0 Å². The van der Waals surface area contributed by atoms with Crippen LogP contribution in [0.25, 0.3) is 0 Å². The zero-order chi connectivity index (χ0) is 7.56. The molecule has 0 atom stereocenters. The summed E-state index contributed by atoms with van der Waals surface area (Å²) in [5.74, 6) is 2.55. The van der Waals surface area contributed by atoms with Gasteiger partial charge in [-0.3, -0.25) is 0 Å². The second-order valence-electron chi connectivity index (χ2n) is 1.92. The third-order valence-electron chi connectivity index (χ3n) is 1.24. The van der Waals surface area contributed by atoms with E-state index in [0.717, 1.165) is 15.6 Å². The summed E-state index contributed by atoms with van der Waals surface area (Å²) in [7, 11) is 0. The lowest BCUT2D eigenvalue weighted by Crippen LogP contribution is -1.81. The van der Waals surface area contributed by atoms with E-state index >= 15 is 0 Å².